The van der Waals surface area contributed by atoms with Gasteiger partial charge in [-0.25, -0.2) is 4.79 Å². The molecule has 94 valence electrons. The molecule has 0 saturated heterocycles. The van der Waals surface area contributed by atoms with Crippen molar-refractivity contribution in [3.63, 3.8) is 0 Å². The molecule has 4 rings (SSSR count). The molecule has 4 aliphatic carbocycles. The molecule has 4 aliphatic rings. The van der Waals surface area contributed by atoms with Gasteiger partial charge in [-0.1, -0.05) is 6.58 Å². The Hall–Kier alpha value is -0.830. The van der Waals surface area contributed by atoms with E-state index in [4.69, 9.17) is 4.74 Å². The second-order valence-electron chi connectivity index (χ2n) is 6.11. The molecule has 0 heterocycles. The summed E-state index contributed by atoms with van der Waals surface area (Å²) in [5, 5.41) is 10.8. The molecule has 4 bridgehead atoms. The van der Waals surface area contributed by atoms with Crippen LogP contribution in [0.25, 0.3) is 0 Å². The fourth-order valence-electron chi connectivity index (χ4n) is 4.48. The van der Waals surface area contributed by atoms with E-state index in [0.717, 1.165) is 37.5 Å². The number of rotatable bonds is 3. The van der Waals surface area contributed by atoms with E-state index in [1.165, 1.54) is 12.5 Å². The van der Waals surface area contributed by atoms with Crippen LogP contribution in [-0.2, 0) is 9.53 Å². The summed E-state index contributed by atoms with van der Waals surface area (Å²) >= 11 is 0. The Morgan fingerprint density at radius 1 is 1.24 bits per heavy atom. The number of esters is 1. The SMILES string of the molecule is C=CC(=O)OCC1(O)C2CC3CC(C2)CC1C3. The standard InChI is InChI=1S/C14H20O3/c1-2-13(15)17-8-14(16)11-4-9-3-10(6-11)7-12(14)5-9/h2,9-12,16H,1,3-8H2. The monoisotopic (exact) mass is 236 g/mol. The summed E-state index contributed by atoms with van der Waals surface area (Å²) in [7, 11) is 0. The summed E-state index contributed by atoms with van der Waals surface area (Å²) in [6.07, 6.45) is 7.00. The summed E-state index contributed by atoms with van der Waals surface area (Å²) in [6, 6.07) is 0. The van der Waals surface area contributed by atoms with Crippen LogP contribution in [0.15, 0.2) is 12.7 Å². The number of hydrogen-bond acceptors (Lipinski definition) is 3. The molecule has 3 nitrogen and oxygen atoms in total. The van der Waals surface area contributed by atoms with Crippen LogP contribution in [-0.4, -0.2) is 23.3 Å². The van der Waals surface area contributed by atoms with E-state index in [-0.39, 0.29) is 6.61 Å². The van der Waals surface area contributed by atoms with Gasteiger partial charge < -0.3 is 9.84 Å². The first-order chi connectivity index (χ1) is 8.11. The first kappa shape index (κ1) is 11.3. The molecule has 0 radical (unpaired) electrons. The van der Waals surface area contributed by atoms with E-state index in [2.05, 4.69) is 6.58 Å². The number of ether oxygens (including phenoxy) is 1. The predicted molar refractivity (Wildman–Crippen MR) is 63.2 cm³/mol. The van der Waals surface area contributed by atoms with Gasteiger partial charge in [0.2, 0.25) is 0 Å². The molecule has 0 aliphatic heterocycles. The number of carbonyl (C=O) groups is 1. The summed E-state index contributed by atoms with van der Waals surface area (Å²) in [6.45, 7) is 3.54. The average molecular weight is 236 g/mol. The molecule has 0 aromatic carbocycles. The van der Waals surface area contributed by atoms with Gasteiger partial charge >= 0.3 is 5.97 Å². The van der Waals surface area contributed by atoms with Crippen molar-refractivity contribution in [2.45, 2.75) is 37.7 Å². The molecule has 0 amide bonds. The van der Waals surface area contributed by atoms with Crippen LogP contribution in [0.3, 0.4) is 0 Å². The Bertz CT molecular complexity index is 319. The fraction of sp³-hybridized carbons (Fsp3) is 0.786. The predicted octanol–water partition coefficient (Wildman–Crippen LogP) is 1.90. The van der Waals surface area contributed by atoms with E-state index in [1.807, 2.05) is 0 Å². The van der Waals surface area contributed by atoms with Crippen LogP contribution >= 0.6 is 0 Å². The Morgan fingerprint density at radius 3 is 2.24 bits per heavy atom. The van der Waals surface area contributed by atoms with Crippen LogP contribution in [0.2, 0.25) is 0 Å². The lowest BCUT2D eigenvalue weighted by atomic mass is 9.50. The van der Waals surface area contributed by atoms with E-state index in [0.29, 0.717) is 11.8 Å². The third kappa shape index (κ3) is 1.71. The van der Waals surface area contributed by atoms with Gasteiger partial charge in [-0.15, -0.1) is 0 Å². The molecule has 0 aromatic rings. The zero-order valence-corrected chi connectivity index (χ0v) is 10.1. The van der Waals surface area contributed by atoms with Crippen LogP contribution in [0.4, 0.5) is 0 Å². The molecular formula is C14H20O3. The van der Waals surface area contributed by atoms with Gasteiger partial charge in [-0.3, -0.25) is 0 Å². The molecule has 4 fully saturated rings. The molecule has 1 N–H and O–H groups in total. The van der Waals surface area contributed by atoms with Gasteiger partial charge in [0.1, 0.15) is 12.2 Å². The summed E-state index contributed by atoms with van der Waals surface area (Å²) in [5.74, 6) is 1.89. The van der Waals surface area contributed by atoms with Crippen molar-refractivity contribution in [2.75, 3.05) is 6.61 Å². The quantitative estimate of drug-likeness (QED) is 0.601. The van der Waals surface area contributed by atoms with Gasteiger partial charge in [0.15, 0.2) is 0 Å². The van der Waals surface area contributed by atoms with Gasteiger partial charge in [-0.2, -0.15) is 0 Å². The number of aliphatic hydroxyl groups is 1. The second-order valence-corrected chi connectivity index (χ2v) is 6.11. The summed E-state index contributed by atoms with van der Waals surface area (Å²) in [4.78, 5) is 11.1. The lowest BCUT2D eigenvalue weighted by molar-refractivity contribution is -0.200. The van der Waals surface area contributed by atoms with Crippen molar-refractivity contribution in [3.05, 3.63) is 12.7 Å². The van der Waals surface area contributed by atoms with Crippen molar-refractivity contribution >= 4 is 5.97 Å². The second kappa shape index (κ2) is 3.84. The fourth-order valence-corrected chi connectivity index (χ4v) is 4.48. The molecule has 4 saturated carbocycles. The lowest BCUT2D eigenvalue weighted by Crippen LogP contribution is -2.60. The van der Waals surface area contributed by atoms with E-state index < -0.39 is 11.6 Å². The highest BCUT2D eigenvalue weighted by atomic mass is 16.5. The molecule has 17 heavy (non-hydrogen) atoms. The summed E-state index contributed by atoms with van der Waals surface area (Å²) in [5.41, 5.74) is -0.758. The van der Waals surface area contributed by atoms with Crippen molar-refractivity contribution < 1.29 is 14.6 Å². The minimum absolute atomic E-state index is 0.159. The third-order valence-corrected chi connectivity index (χ3v) is 5.16. The highest BCUT2D eigenvalue weighted by Gasteiger charge is 2.56. The van der Waals surface area contributed by atoms with E-state index in [1.54, 1.807) is 0 Å². The number of carbonyl (C=O) groups excluding carboxylic acids is 1. The largest absolute Gasteiger partial charge is 0.459 e. The van der Waals surface area contributed by atoms with E-state index in [9.17, 15) is 9.90 Å². The molecule has 3 heteroatoms. The number of hydrogen-bond donors (Lipinski definition) is 1. The van der Waals surface area contributed by atoms with Crippen LogP contribution in [0, 0.1) is 23.7 Å². The van der Waals surface area contributed by atoms with Crippen molar-refractivity contribution in [1.82, 2.24) is 0 Å². The zero-order valence-electron chi connectivity index (χ0n) is 10.1. The first-order valence-electron chi connectivity index (χ1n) is 6.63. The van der Waals surface area contributed by atoms with Crippen molar-refractivity contribution in [2.24, 2.45) is 23.7 Å². The minimum atomic E-state index is -0.758. The Labute approximate surface area is 102 Å². The van der Waals surface area contributed by atoms with Crippen molar-refractivity contribution in [3.8, 4) is 0 Å². The van der Waals surface area contributed by atoms with Crippen LogP contribution in [0.5, 0.6) is 0 Å². The molecule has 0 atom stereocenters. The maximum Gasteiger partial charge on any atom is 0.330 e. The van der Waals surface area contributed by atoms with Crippen LogP contribution in [0.1, 0.15) is 32.1 Å². The Morgan fingerprint density at radius 2 is 1.76 bits per heavy atom. The van der Waals surface area contributed by atoms with Crippen LogP contribution < -0.4 is 0 Å². The first-order valence-corrected chi connectivity index (χ1v) is 6.63. The third-order valence-electron chi connectivity index (χ3n) is 5.16. The summed E-state index contributed by atoms with van der Waals surface area (Å²) < 4.78 is 5.11. The maximum absolute atomic E-state index is 11.1. The average Bonchev–Trinajstić information content (AvgIpc) is 2.32. The van der Waals surface area contributed by atoms with Crippen molar-refractivity contribution in [1.29, 1.82) is 0 Å². The van der Waals surface area contributed by atoms with Gasteiger partial charge in [0.05, 0.1) is 0 Å². The Balaban J connectivity index is 1.73. The molecule has 0 aromatic heterocycles. The highest BCUT2D eigenvalue weighted by molar-refractivity contribution is 5.81. The topological polar surface area (TPSA) is 46.5 Å². The molecular weight excluding hydrogens is 216 g/mol. The Kier molecular flexibility index (Phi) is 2.54. The molecule has 0 unspecified atom stereocenters. The minimum Gasteiger partial charge on any atom is -0.459 e. The normalized spacial score (nSPS) is 46.9. The zero-order chi connectivity index (χ0) is 12.0. The van der Waals surface area contributed by atoms with Gasteiger partial charge in [0, 0.05) is 6.08 Å². The lowest BCUT2D eigenvalue weighted by Gasteiger charge is -2.58. The molecule has 0 spiro atoms. The maximum atomic E-state index is 11.1. The van der Waals surface area contributed by atoms with Gasteiger partial charge in [0.25, 0.3) is 0 Å². The van der Waals surface area contributed by atoms with E-state index >= 15 is 0 Å². The smallest absolute Gasteiger partial charge is 0.330 e. The van der Waals surface area contributed by atoms with Gasteiger partial charge in [-0.05, 0) is 55.8 Å². The highest BCUT2D eigenvalue weighted by Crippen LogP contribution is 2.58.